The Hall–Kier alpha value is -1.98. The molecule has 1 aliphatic heterocycles. The van der Waals surface area contributed by atoms with E-state index < -0.39 is 0 Å². The summed E-state index contributed by atoms with van der Waals surface area (Å²) in [6, 6.07) is 2.06. The maximum Gasteiger partial charge on any atom is 0.312 e. The molecule has 1 aromatic heterocycles. The minimum absolute atomic E-state index is 0.102. The molecule has 2 aliphatic carbocycles. The molecular formula is C20H27N3O3. The van der Waals surface area contributed by atoms with Crippen LogP contribution in [0.5, 0.6) is 0 Å². The zero-order valence-corrected chi connectivity index (χ0v) is 15.3. The van der Waals surface area contributed by atoms with E-state index in [1.165, 1.54) is 12.8 Å². The number of esters is 1. The number of rotatable bonds is 5. The van der Waals surface area contributed by atoms with Crippen molar-refractivity contribution >= 4 is 11.9 Å². The van der Waals surface area contributed by atoms with Gasteiger partial charge in [0, 0.05) is 37.3 Å². The van der Waals surface area contributed by atoms with Gasteiger partial charge in [-0.05, 0) is 50.5 Å². The SMILES string of the molecule is CC1CCC(N2C[C@H](C(=O)O[C@H](c3ncccn3)C3CC3)CC2=O)CC1. The lowest BCUT2D eigenvalue weighted by molar-refractivity contribution is -0.156. The summed E-state index contributed by atoms with van der Waals surface area (Å²) in [4.78, 5) is 35.7. The number of ether oxygens (including phenoxy) is 1. The van der Waals surface area contributed by atoms with Crippen molar-refractivity contribution in [3.05, 3.63) is 24.3 Å². The molecule has 0 bridgehead atoms. The lowest BCUT2D eigenvalue weighted by Crippen LogP contribution is -2.39. The average molecular weight is 357 g/mol. The fourth-order valence-corrected chi connectivity index (χ4v) is 4.23. The molecule has 0 N–H and O–H groups in total. The van der Waals surface area contributed by atoms with E-state index in [1.54, 1.807) is 18.5 Å². The fourth-order valence-electron chi connectivity index (χ4n) is 4.23. The molecule has 3 fully saturated rings. The number of aromatic nitrogens is 2. The van der Waals surface area contributed by atoms with Crippen molar-refractivity contribution < 1.29 is 14.3 Å². The van der Waals surface area contributed by atoms with Crippen LogP contribution in [0.2, 0.25) is 0 Å². The highest BCUT2D eigenvalue weighted by Crippen LogP contribution is 2.43. The van der Waals surface area contributed by atoms with Crippen LogP contribution in [-0.2, 0) is 14.3 Å². The van der Waals surface area contributed by atoms with Crippen molar-refractivity contribution in [1.82, 2.24) is 14.9 Å². The first-order chi connectivity index (χ1) is 12.6. The van der Waals surface area contributed by atoms with Crippen LogP contribution in [-0.4, -0.2) is 39.3 Å². The molecule has 1 aromatic rings. The maximum absolute atomic E-state index is 12.7. The molecule has 3 aliphatic rings. The molecule has 0 aromatic carbocycles. The third-order valence-electron chi connectivity index (χ3n) is 6.05. The number of hydrogen-bond acceptors (Lipinski definition) is 5. The quantitative estimate of drug-likeness (QED) is 0.758. The van der Waals surface area contributed by atoms with Crippen LogP contribution < -0.4 is 0 Å². The fraction of sp³-hybridized carbons (Fsp3) is 0.700. The Balaban J connectivity index is 1.38. The first-order valence-electron chi connectivity index (χ1n) is 9.88. The minimum atomic E-state index is -0.372. The number of nitrogens with zero attached hydrogens (tertiary/aromatic N) is 3. The number of likely N-dealkylation sites (tertiary alicyclic amines) is 1. The first kappa shape index (κ1) is 17.4. The third kappa shape index (κ3) is 3.74. The molecule has 26 heavy (non-hydrogen) atoms. The third-order valence-corrected chi connectivity index (χ3v) is 6.05. The van der Waals surface area contributed by atoms with Crippen LogP contribution in [0.25, 0.3) is 0 Å². The van der Waals surface area contributed by atoms with Crippen LogP contribution in [0.1, 0.15) is 63.8 Å². The number of amides is 1. The molecule has 0 unspecified atom stereocenters. The van der Waals surface area contributed by atoms with E-state index in [-0.39, 0.29) is 30.3 Å². The molecule has 0 spiro atoms. The summed E-state index contributed by atoms with van der Waals surface area (Å²) in [6.07, 6.45) is 9.76. The van der Waals surface area contributed by atoms with Gasteiger partial charge in [0.05, 0.1) is 5.92 Å². The van der Waals surface area contributed by atoms with Gasteiger partial charge in [0.15, 0.2) is 11.9 Å². The van der Waals surface area contributed by atoms with E-state index in [9.17, 15) is 9.59 Å². The molecule has 0 radical (unpaired) electrons. The van der Waals surface area contributed by atoms with Crippen LogP contribution in [0.4, 0.5) is 0 Å². The van der Waals surface area contributed by atoms with Crippen LogP contribution >= 0.6 is 0 Å². The Morgan fingerprint density at radius 1 is 1.15 bits per heavy atom. The summed E-state index contributed by atoms with van der Waals surface area (Å²) in [5, 5.41) is 0. The number of carbonyl (C=O) groups is 2. The zero-order valence-electron chi connectivity index (χ0n) is 15.3. The Bertz CT molecular complexity index is 654. The molecule has 6 heteroatoms. The van der Waals surface area contributed by atoms with Gasteiger partial charge in [-0.15, -0.1) is 0 Å². The zero-order chi connectivity index (χ0) is 18.1. The van der Waals surface area contributed by atoms with Crippen molar-refractivity contribution in [3.63, 3.8) is 0 Å². The second kappa shape index (κ2) is 7.33. The molecule has 2 heterocycles. The highest BCUT2D eigenvalue weighted by Gasteiger charge is 2.43. The lowest BCUT2D eigenvalue weighted by atomic mass is 9.87. The van der Waals surface area contributed by atoms with Crippen molar-refractivity contribution in [2.45, 2.75) is 64.0 Å². The molecule has 2 saturated carbocycles. The van der Waals surface area contributed by atoms with Gasteiger partial charge in [-0.1, -0.05) is 6.92 Å². The van der Waals surface area contributed by atoms with Gasteiger partial charge < -0.3 is 9.64 Å². The van der Waals surface area contributed by atoms with Crippen molar-refractivity contribution in [2.75, 3.05) is 6.54 Å². The van der Waals surface area contributed by atoms with Crippen molar-refractivity contribution in [1.29, 1.82) is 0 Å². The Morgan fingerprint density at radius 2 is 1.85 bits per heavy atom. The molecule has 1 amide bonds. The summed E-state index contributed by atoms with van der Waals surface area (Å²) in [5.41, 5.74) is 0. The Labute approximate surface area is 154 Å². The predicted octanol–water partition coefficient (Wildman–Crippen LogP) is 2.90. The van der Waals surface area contributed by atoms with E-state index in [4.69, 9.17) is 4.74 Å². The van der Waals surface area contributed by atoms with Gasteiger partial charge in [0.1, 0.15) is 0 Å². The van der Waals surface area contributed by atoms with Crippen LogP contribution in [0.3, 0.4) is 0 Å². The van der Waals surface area contributed by atoms with E-state index >= 15 is 0 Å². The van der Waals surface area contributed by atoms with Gasteiger partial charge in [-0.25, -0.2) is 9.97 Å². The topological polar surface area (TPSA) is 72.4 Å². The smallest absolute Gasteiger partial charge is 0.312 e. The summed E-state index contributed by atoms with van der Waals surface area (Å²) < 4.78 is 5.80. The normalized spacial score (nSPS) is 30.3. The minimum Gasteiger partial charge on any atom is -0.454 e. The first-order valence-corrected chi connectivity index (χ1v) is 9.88. The summed E-state index contributed by atoms with van der Waals surface area (Å²) >= 11 is 0. The van der Waals surface area contributed by atoms with Crippen molar-refractivity contribution in [2.24, 2.45) is 17.8 Å². The molecule has 2 atom stereocenters. The molecular weight excluding hydrogens is 330 g/mol. The highest BCUT2D eigenvalue weighted by atomic mass is 16.5. The van der Waals surface area contributed by atoms with Crippen LogP contribution in [0, 0.1) is 17.8 Å². The van der Waals surface area contributed by atoms with E-state index in [2.05, 4.69) is 16.9 Å². The average Bonchev–Trinajstić information content (AvgIpc) is 3.42. The summed E-state index contributed by atoms with van der Waals surface area (Å²) in [6.45, 7) is 2.77. The number of carbonyl (C=O) groups excluding carboxylic acids is 2. The second-order valence-corrected chi connectivity index (χ2v) is 8.16. The van der Waals surface area contributed by atoms with Gasteiger partial charge in [0.2, 0.25) is 5.91 Å². The molecule has 140 valence electrons. The monoisotopic (exact) mass is 357 g/mol. The van der Waals surface area contributed by atoms with Gasteiger partial charge in [-0.2, -0.15) is 0 Å². The largest absolute Gasteiger partial charge is 0.454 e. The molecule has 4 rings (SSSR count). The standard InChI is InChI=1S/C20H27N3O3/c1-13-3-7-16(8-4-13)23-12-15(11-17(23)24)20(25)26-18(14-5-6-14)19-21-9-2-10-22-19/h2,9-10,13-16,18H,3-8,11-12H2,1H3/t13?,15-,16?,18+/m1/s1. The maximum atomic E-state index is 12.7. The van der Waals surface area contributed by atoms with E-state index in [1.807, 2.05) is 4.90 Å². The number of hydrogen-bond donors (Lipinski definition) is 0. The summed E-state index contributed by atoms with van der Waals surface area (Å²) in [7, 11) is 0. The summed E-state index contributed by atoms with van der Waals surface area (Å²) in [5.74, 6) is 1.11. The Kier molecular flexibility index (Phi) is 4.92. The molecule has 1 saturated heterocycles. The lowest BCUT2D eigenvalue weighted by Gasteiger charge is -2.33. The van der Waals surface area contributed by atoms with Gasteiger partial charge >= 0.3 is 5.97 Å². The van der Waals surface area contributed by atoms with E-state index in [0.717, 1.165) is 31.6 Å². The highest BCUT2D eigenvalue weighted by molar-refractivity contribution is 5.87. The second-order valence-electron chi connectivity index (χ2n) is 8.16. The Morgan fingerprint density at radius 3 is 2.50 bits per heavy atom. The van der Waals surface area contributed by atoms with E-state index in [0.29, 0.717) is 24.3 Å². The predicted molar refractivity (Wildman–Crippen MR) is 94.8 cm³/mol. The van der Waals surface area contributed by atoms with Crippen molar-refractivity contribution in [3.8, 4) is 0 Å². The molecule has 6 nitrogen and oxygen atoms in total. The van der Waals surface area contributed by atoms with Crippen LogP contribution in [0.15, 0.2) is 18.5 Å². The van der Waals surface area contributed by atoms with Gasteiger partial charge in [-0.3, -0.25) is 9.59 Å². The van der Waals surface area contributed by atoms with Gasteiger partial charge in [0.25, 0.3) is 0 Å².